The lowest BCUT2D eigenvalue weighted by Gasteiger charge is -2.01. The van der Waals surface area contributed by atoms with Gasteiger partial charge in [0.2, 0.25) is 4.96 Å². The fourth-order valence-electron chi connectivity index (χ4n) is 3.19. The average Bonchev–Trinajstić information content (AvgIpc) is 3.30. The van der Waals surface area contributed by atoms with Crippen molar-refractivity contribution in [2.75, 3.05) is 0 Å². The molecule has 3 aromatic carbocycles. The molecule has 5 heteroatoms. The molecule has 0 saturated heterocycles. The molecule has 2 aromatic heterocycles. The average molecular weight is 381 g/mol. The molecule has 0 fully saturated rings. The highest BCUT2D eigenvalue weighted by Gasteiger charge is 2.13. The number of nitrogens with zero attached hydrogens (tertiary/aromatic N) is 3. The van der Waals surface area contributed by atoms with Crippen LogP contribution >= 0.6 is 11.3 Å². The molecule has 0 radical (unpaired) electrons. The molecular formula is C23H15N3OS. The third kappa shape index (κ3) is 2.92. The fourth-order valence-corrected chi connectivity index (χ4v) is 4.10. The van der Waals surface area contributed by atoms with Crippen molar-refractivity contribution in [2.24, 2.45) is 0 Å². The maximum absolute atomic E-state index is 12.9. The highest BCUT2D eigenvalue weighted by molar-refractivity contribution is 7.15. The van der Waals surface area contributed by atoms with Gasteiger partial charge in [-0.15, -0.1) is 10.2 Å². The SMILES string of the molecule is O=c1c(=Cc2ccc(-c3ccccc3)cc2)sc2nnc(-c3ccccc3)n12. The zero-order chi connectivity index (χ0) is 18.9. The molecule has 0 unspecified atom stereocenters. The monoisotopic (exact) mass is 381 g/mol. The lowest BCUT2D eigenvalue weighted by atomic mass is 10.0. The van der Waals surface area contributed by atoms with Crippen LogP contribution in [0.2, 0.25) is 0 Å². The summed E-state index contributed by atoms with van der Waals surface area (Å²) in [5.41, 5.74) is 4.10. The first-order valence-electron chi connectivity index (χ1n) is 8.90. The van der Waals surface area contributed by atoms with Crippen LogP contribution in [0.15, 0.2) is 89.7 Å². The van der Waals surface area contributed by atoms with Gasteiger partial charge < -0.3 is 0 Å². The summed E-state index contributed by atoms with van der Waals surface area (Å²) in [4.78, 5) is 13.5. The zero-order valence-electron chi connectivity index (χ0n) is 14.8. The largest absolute Gasteiger partial charge is 0.276 e. The van der Waals surface area contributed by atoms with Crippen molar-refractivity contribution < 1.29 is 0 Å². The third-order valence-corrected chi connectivity index (χ3v) is 5.56. The molecule has 2 heterocycles. The molecule has 134 valence electrons. The summed E-state index contributed by atoms with van der Waals surface area (Å²) in [6.45, 7) is 0. The van der Waals surface area contributed by atoms with Crippen molar-refractivity contribution in [3.05, 3.63) is 105 Å². The molecule has 5 rings (SSSR count). The number of hydrogen-bond acceptors (Lipinski definition) is 4. The number of rotatable bonds is 3. The van der Waals surface area contributed by atoms with Gasteiger partial charge in [-0.2, -0.15) is 0 Å². The number of hydrogen-bond donors (Lipinski definition) is 0. The maximum atomic E-state index is 12.9. The van der Waals surface area contributed by atoms with E-state index in [9.17, 15) is 4.79 Å². The first kappa shape index (κ1) is 16.6. The van der Waals surface area contributed by atoms with Gasteiger partial charge in [-0.05, 0) is 22.8 Å². The zero-order valence-corrected chi connectivity index (χ0v) is 15.6. The quantitative estimate of drug-likeness (QED) is 0.474. The Morgan fingerprint density at radius 3 is 2.00 bits per heavy atom. The van der Waals surface area contributed by atoms with Gasteiger partial charge in [0.25, 0.3) is 5.56 Å². The third-order valence-electron chi connectivity index (χ3n) is 4.60. The molecule has 0 aliphatic rings. The van der Waals surface area contributed by atoms with E-state index in [1.165, 1.54) is 16.9 Å². The summed E-state index contributed by atoms with van der Waals surface area (Å²) in [7, 11) is 0. The lowest BCUT2D eigenvalue weighted by molar-refractivity contribution is 1.09. The van der Waals surface area contributed by atoms with Gasteiger partial charge in [-0.3, -0.25) is 4.79 Å². The predicted molar refractivity (Wildman–Crippen MR) is 113 cm³/mol. The Morgan fingerprint density at radius 2 is 1.32 bits per heavy atom. The number of fused-ring (bicyclic) bond motifs is 1. The van der Waals surface area contributed by atoms with Gasteiger partial charge in [0.15, 0.2) is 5.82 Å². The second-order valence-corrected chi connectivity index (χ2v) is 7.42. The summed E-state index contributed by atoms with van der Waals surface area (Å²) in [5.74, 6) is 0.580. The maximum Gasteiger partial charge on any atom is 0.276 e. The van der Waals surface area contributed by atoms with Crippen molar-refractivity contribution in [2.45, 2.75) is 0 Å². The molecule has 0 amide bonds. The Balaban J connectivity index is 1.56. The summed E-state index contributed by atoms with van der Waals surface area (Å²) in [5, 5.41) is 8.37. The summed E-state index contributed by atoms with van der Waals surface area (Å²) in [6, 6.07) is 28.1. The van der Waals surface area contributed by atoms with E-state index in [-0.39, 0.29) is 5.56 Å². The smallest absolute Gasteiger partial charge is 0.267 e. The second kappa shape index (κ2) is 6.87. The Hall–Kier alpha value is -3.57. The van der Waals surface area contributed by atoms with Crippen molar-refractivity contribution >= 4 is 22.4 Å². The van der Waals surface area contributed by atoms with Crippen LogP contribution in [0.5, 0.6) is 0 Å². The second-order valence-electron chi connectivity index (χ2n) is 6.41. The van der Waals surface area contributed by atoms with E-state index in [4.69, 9.17) is 0 Å². The van der Waals surface area contributed by atoms with Crippen LogP contribution in [0.3, 0.4) is 0 Å². The first-order valence-corrected chi connectivity index (χ1v) is 9.72. The van der Waals surface area contributed by atoms with E-state index in [0.717, 1.165) is 16.7 Å². The van der Waals surface area contributed by atoms with Crippen LogP contribution in [-0.2, 0) is 0 Å². The number of aromatic nitrogens is 3. The number of benzene rings is 3. The van der Waals surface area contributed by atoms with Crippen LogP contribution in [0.4, 0.5) is 0 Å². The Kier molecular flexibility index (Phi) is 4.07. The Labute approximate surface area is 165 Å². The summed E-state index contributed by atoms with van der Waals surface area (Å²) < 4.78 is 2.24. The highest BCUT2D eigenvalue weighted by atomic mass is 32.1. The van der Waals surface area contributed by atoms with E-state index in [2.05, 4.69) is 34.5 Å². The summed E-state index contributed by atoms with van der Waals surface area (Å²) >= 11 is 1.36. The van der Waals surface area contributed by atoms with Crippen molar-refractivity contribution in [1.82, 2.24) is 14.6 Å². The first-order chi connectivity index (χ1) is 13.8. The minimum atomic E-state index is -0.0870. The van der Waals surface area contributed by atoms with Gasteiger partial charge in [-0.25, -0.2) is 4.40 Å². The van der Waals surface area contributed by atoms with Gasteiger partial charge in [0, 0.05) is 5.56 Å². The molecule has 28 heavy (non-hydrogen) atoms. The molecule has 0 bridgehead atoms. The van der Waals surface area contributed by atoms with Crippen molar-refractivity contribution in [1.29, 1.82) is 0 Å². The van der Waals surface area contributed by atoms with Gasteiger partial charge >= 0.3 is 0 Å². The van der Waals surface area contributed by atoms with Crippen molar-refractivity contribution in [3.63, 3.8) is 0 Å². The Morgan fingerprint density at radius 1 is 0.714 bits per heavy atom. The minimum Gasteiger partial charge on any atom is -0.267 e. The molecule has 0 spiro atoms. The van der Waals surface area contributed by atoms with E-state index < -0.39 is 0 Å². The van der Waals surface area contributed by atoms with E-state index in [1.54, 1.807) is 4.40 Å². The molecule has 0 atom stereocenters. The summed E-state index contributed by atoms with van der Waals surface area (Å²) in [6.07, 6.45) is 1.91. The van der Waals surface area contributed by atoms with Crippen LogP contribution < -0.4 is 10.1 Å². The van der Waals surface area contributed by atoms with Gasteiger partial charge in [0.1, 0.15) is 0 Å². The predicted octanol–water partition coefficient (Wildman–Crippen LogP) is 4.03. The molecule has 4 nitrogen and oxygen atoms in total. The molecule has 0 saturated carbocycles. The van der Waals surface area contributed by atoms with Crippen LogP contribution in [-0.4, -0.2) is 14.6 Å². The van der Waals surface area contributed by atoms with E-state index in [1.807, 2.05) is 66.7 Å². The molecule has 0 aliphatic heterocycles. The topological polar surface area (TPSA) is 47.3 Å². The number of thiazole rings is 1. The van der Waals surface area contributed by atoms with Crippen LogP contribution in [0.1, 0.15) is 5.56 Å². The van der Waals surface area contributed by atoms with E-state index in [0.29, 0.717) is 15.3 Å². The molecule has 5 aromatic rings. The van der Waals surface area contributed by atoms with Crippen LogP contribution in [0, 0.1) is 0 Å². The van der Waals surface area contributed by atoms with Gasteiger partial charge in [0.05, 0.1) is 4.53 Å². The lowest BCUT2D eigenvalue weighted by Crippen LogP contribution is -2.23. The Bertz CT molecular complexity index is 1350. The fraction of sp³-hybridized carbons (Fsp3) is 0. The normalized spacial score (nSPS) is 11.9. The van der Waals surface area contributed by atoms with E-state index >= 15 is 0 Å². The highest BCUT2D eigenvalue weighted by Crippen LogP contribution is 2.20. The standard InChI is InChI=1S/C23H15N3OS/c27-22-20(15-16-11-13-18(14-12-16)17-7-3-1-4-8-17)28-23-25-24-21(26(22)23)19-9-5-2-6-10-19/h1-15H. The van der Waals surface area contributed by atoms with Crippen LogP contribution in [0.25, 0.3) is 33.6 Å². The molecule has 0 N–H and O–H groups in total. The van der Waals surface area contributed by atoms with Crippen molar-refractivity contribution in [3.8, 4) is 22.5 Å². The molecule has 0 aliphatic carbocycles. The van der Waals surface area contributed by atoms with Gasteiger partial charge in [-0.1, -0.05) is 96.3 Å². The minimum absolute atomic E-state index is 0.0870. The molecular weight excluding hydrogens is 366 g/mol.